The lowest BCUT2D eigenvalue weighted by atomic mass is 9.82. The predicted molar refractivity (Wildman–Crippen MR) is 272 cm³/mol. The van der Waals surface area contributed by atoms with Gasteiger partial charge in [-0.25, -0.2) is 14.4 Å². The molecule has 0 spiro atoms. The molecule has 2 aliphatic heterocycles. The Morgan fingerprint density at radius 3 is 2.37 bits per heavy atom. The summed E-state index contributed by atoms with van der Waals surface area (Å²) in [7, 11) is 3.38. The standard InChI is InChI=1S/C51H67FN10O6S2/c1-31-25-55-49(59-44(31)53-5)57-39-16-15-37(23-41(39)68-6)46(65)61-21-19-60(20-22-61)27-34-7-9-35(10-8-34)29-70-50(3,4)43(58-48(67)51(52)17-18-51)47(66)62-28-38(63)24-40(62)45(64)54-26-33-11-13-36(14-12-33)42-32(2)56-30-69-42/h11-16,23,25,30,34-35,38,40,43,63H,7-10,17-22,24,26-29H2,1-6H3,(H,54,64)(H,58,67)(H2,53,55,57,59). The van der Waals surface area contributed by atoms with Gasteiger partial charge in [-0.3, -0.25) is 24.1 Å². The first-order chi connectivity index (χ1) is 33.5. The second kappa shape index (κ2) is 22.0. The fourth-order valence-corrected chi connectivity index (χ4v) is 11.9. The fourth-order valence-electron chi connectivity index (χ4n) is 9.74. The molecule has 4 amide bonds. The lowest BCUT2D eigenvalue weighted by Crippen LogP contribution is -2.61. The SMILES string of the molecule is CNc1nc(Nc2ccc(C(=O)N3CCN(CC4CCC(CSC(C)(C)C(NC(=O)C5(F)CC5)C(=O)N5CC(O)CC5C(=O)NCc5ccc(-c6scnc6C)cc5)CC4)CC3)cc2OC)ncc1C. The summed E-state index contributed by atoms with van der Waals surface area (Å²) in [6, 6.07) is 11.2. The average Bonchev–Trinajstić information content (AvgIpc) is 3.77. The van der Waals surface area contributed by atoms with E-state index >= 15 is 4.39 Å². The number of aromatic nitrogens is 3. The van der Waals surface area contributed by atoms with E-state index in [4.69, 9.17) is 4.74 Å². The number of nitrogens with zero attached hydrogens (tertiary/aromatic N) is 6. The summed E-state index contributed by atoms with van der Waals surface area (Å²) in [5.74, 6) is 1.63. The van der Waals surface area contributed by atoms with E-state index < -0.39 is 46.3 Å². The van der Waals surface area contributed by atoms with Gasteiger partial charge in [0.2, 0.25) is 17.8 Å². The quantitative estimate of drug-likeness (QED) is 0.0741. The number of thioether (sulfide) groups is 1. The zero-order chi connectivity index (χ0) is 49.7. The Bertz CT molecular complexity index is 2510. The maximum atomic E-state index is 15.2. The monoisotopic (exact) mass is 998 g/mol. The number of aliphatic hydroxyl groups excluding tert-OH is 1. The molecule has 19 heteroatoms. The second-order valence-corrected chi connectivity index (χ2v) is 22.4. The van der Waals surface area contributed by atoms with Crippen molar-refractivity contribution in [2.45, 2.75) is 108 Å². The summed E-state index contributed by atoms with van der Waals surface area (Å²) in [5, 5.41) is 22.8. The van der Waals surface area contributed by atoms with Crippen LogP contribution in [0.3, 0.4) is 0 Å². The highest BCUT2D eigenvalue weighted by atomic mass is 32.2. The van der Waals surface area contributed by atoms with Crippen LogP contribution in [0, 0.1) is 25.7 Å². The van der Waals surface area contributed by atoms with Gasteiger partial charge in [0.15, 0.2) is 5.67 Å². The number of aliphatic hydroxyl groups is 1. The van der Waals surface area contributed by atoms with Crippen LogP contribution >= 0.6 is 23.1 Å². The molecule has 8 rings (SSSR count). The maximum Gasteiger partial charge on any atom is 0.258 e. The molecule has 70 heavy (non-hydrogen) atoms. The van der Waals surface area contributed by atoms with E-state index in [0.717, 1.165) is 84.1 Å². The molecular weight excluding hydrogens is 932 g/mol. The summed E-state index contributed by atoms with van der Waals surface area (Å²) >= 11 is 3.17. The van der Waals surface area contributed by atoms with Crippen molar-refractivity contribution in [3.8, 4) is 16.2 Å². The number of rotatable bonds is 18. The van der Waals surface area contributed by atoms with Gasteiger partial charge in [-0.15, -0.1) is 11.3 Å². The van der Waals surface area contributed by atoms with Crippen molar-refractivity contribution < 1.29 is 33.4 Å². The van der Waals surface area contributed by atoms with Crippen molar-refractivity contribution in [3.05, 3.63) is 76.6 Å². The van der Waals surface area contributed by atoms with Crippen LogP contribution in [0.25, 0.3) is 10.4 Å². The number of hydrogen-bond donors (Lipinski definition) is 5. The molecule has 0 bridgehead atoms. The third-order valence-corrected chi connectivity index (χ3v) is 16.9. The minimum absolute atomic E-state index is 0.0331. The van der Waals surface area contributed by atoms with Gasteiger partial charge in [-0.05, 0) is 113 Å². The molecule has 376 valence electrons. The van der Waals surface area contributed by atoms with E-state index in [9.17, 15) is 24.3 Å². The van der Waals surface area contributed by atoms with Crippen molar-refractivity contribution in [3.63, 3.8) is 0 Å². The van der Waals surface area contributed by atoms with E-state index in [-0.39, 0.29) is 38.3 Å². The van der Waals surface area contributed by atoms with E-state index in [1.54, 1.807) is 48.5 Å². The van der Waals surface area contributed by atoms with Gasteiger partial charge < -0.3 is 40.9 Å². The average molecular weight is 999 g/mol. The number of carbonyl (C=O) groups excluding carboxylic acids is 4. The summed E-state index contributed by atoms with van der Waals surface area (Å²) < 4.78 is 20.0. The molecule has 2 saturated heterocycles. The number of likely N-dealkylation sites (tertiary alicyclic amines) is 1. The summed E-state index contributed by atoms with van der Waals surface area (Å²) in [6.07, 6.45) is 5.28. The highest BCUT2D eigenvalue weighted by Gasteiger charge is 2.54. The summed E-state index contributed by atoms with van der Waals surface area (Å²) in [4.78, 5) is 75.2. The Balaban J connectivity index is 0.808. The number of aryl methyl sites for hydroxylation is 2. The molecule has 16 nitrogen and oxygen atoms in total. The Hall–Kier alpha value is -5.37. The third-order valence-electron chi connectivity index (χ3n) is 14.3. The van der Waals surface area contributed by atoms with Crippen LogP contribution in [0.5, 0.6) is 5.75 Å². The topological polar surface area (TPSA) is 194 Å². The molecule has 4 fully saturated rings. The molecule has 4 aliphatic rings. The van der Waals surface area contributed by atoms with Gasteiger partial charge in [0, 0.05) is 81.4 Å². The number of methoxy groups -OCH3 is 1. The molecule has 0 radical (unpaired) electrons. The molecule has 4 aromatic rings. The lowest BCUT2D eigenvalue weighted by Gasteiger charge is -2.40. The first kappa shape index (κ1) is 51.0. The molecule has 2 aromatic heterocycles. The molecule has 2 saturated carbocycles. The Morgan fingerprint density at radius 2 is 1.71 bits per heavy atom. The van der Waals surface area contributed by atoms with Crippen LogP contribution in [-0.2, 0) is 20.9 Å². The number of carbonyl (C=O) groups is 4. The van der Waals surface area contributed by atoms with E-state index in [2.05, 4.69) is 41.1 Å². The van der Waals surface area contributed by atoms with Gasteiger partial charge in [-0.2, -0.15) is 16.7 Å². The number of piperazine rings is 1. The summed E-state index contributed by atoms with van der Waals surface area (Å²) in [5.41, 5.74) is 4.84. The Kier molecular flexibility index (Phi) is 16.0. The first-order valence-corrected chi connectivity index (χ1v) is 26.3. The van der Waals surface area contributed by atoms with E-state index in [1.165, 1.54) is 4.90 Å². The lowest BCUT2D eigenvalue weighted by molar-refractivity contribution is -0.143. The number of β-amino-alcohol motifs (C(OH)–C–C–N with tert-alkyl or cyclic N) is 1. The highest BCUT2D eigenvalue weighted by molar-refractivity contribution is 8.00. The van der Waals surface area contributed by atoms with Crippen molar-refractivity contribution in [2.75, 3.05) is 69.8 Å². The number of hydrogen-bond acceptors (Lipinski definition) is 14. The van der Waals surface area contributed by atoms with Crippen molar-refractivity contribution >= 4 is 64.2 Å². The van der Waals surface area contributed by atoms with Gasteiger partial charge >= 0.3 is 0 Å². The summed E-state index contributed by atoms with van der Waals surface area (Å²) in [6.45, 7) is 11.7. The molecule has 3 atom stereocenters. The molecular formula is C51H67FN10O6S2. The third kappa shape index (κ3) is 12.0. The van der Waals surface area contributed by atoms with E-state index in [0.29, 0.717) is 47.9 Å². The molecule has 5 N–H and O–H groups in total. The van der Waals surface area contributed by atoms with Crippen LogP contribution in [0.2, 0.25) is 0 Å². The Labute approximate surface area is 418 Å². The van der Waals surface area contributed by atoms with Crippen molar-refractivity contribution in [2.24, 2.45) is 11.8 Å². The maximum absolute atomic E-state index is 15.2. The number of halogens is 1. The normalized spacial score (nSPS) is 21.7. The number of nitrogens with one attached hydrogen (secondary N) is 4. The van der Waals surface area contributed by atoms with Gasteiger partial charge in [0.05, 0.1) is 35.0 Å². The zero-order valence-electron chi connectivity index (χ0n) is 41.1. The first-order valence-electron chi connectivity index (χ1n) is 24.4. The van der Waals surface area contributed by atoms with Crippen LogP contribution < -0.4 is 26.0 Å². The number of amides is 4. The van der Waals surface area contributed by atoms with Crippen molar-refractivity contribution in [1.29, 1.82) is 0 Å². The van der Waals surface area contributed by atoms with Gasteiger partial charge in [0.1, 0.15) is 23.7 Å². The number of alkyl halides is 1. The Morgan fingerprint density at radius 1 is 1.00 bits per heavy atom. The van der Waals surface area contributed by atoms with Crippen LogP contribution in [0.4, 0.5) is 21.8 Å². The largest absolute Gasteiger partial charge is 0.495 e. The molecule has 2 aliphatic carbocycles. The van der Waals surface area contributed by atoms with Gasteiger partial charge in [-0.1, -0.05) is 24.3 Å². The fraction of sp³-hybridized carbons (Fsp3) is 0.549. The molecule has 4 heterocycles. The number of anilines is 3. The minimum atomic E-state index is -2.00. The molecule has 2 aromatic carbocycles. The van der Waals surface area contributed by atoms with Crippen LogP contribution in [0.1, 0.15) is 86.0 Å². The van der Waals surface area contributed by atoms with Gasteiger partial charge in [0.25, 0.3) is 11.8 Å². The second-order valence-electron chi connectivity index (χ2n) is 19.9. The predicted octanol–water partition coefficient (Wildman–Crippen LogP) is 6.35. The zero-order valence-corrected chi connectivity index (χ0v) is 42.7. The van der Waals surface area contributed by atoms with Crippen LogP contribution in [0.15, 0.2) is 54.2 Å². The number of thiazole rings is 1. The van der Waals surface area contributed by atoms with Crippen LogP contribution in [-0.4, -0.2) is 146 Å². The highest BCUT2D eigenvalue weighted by Crippen LogP contribution is 2.42. The molecule has 3 unspecified atom stereocenters. The number of benzene rings is 2. The van der Waals surface area contributed by atoms with E-state index in [1.807, 2.05) is 75.5 Å². The number of ether oxygens (including phenoxy) is 1. The minimum Gasteiger partial charge on any atom is -0.495 e. The smallest absolute Gasteiger partial charge is 0.258 e. The van der Waals surface area contributed by atoms with Crippen molar-refractivity contribution in [1.82, 2.24) is 40.3 Å².